The Morgan fingerprint density at radius 2 is 1.69 bits per heavy atom. The highest BCUT2D eigenvalue weighted by Crippen LogP contribution is 2.17. The lowest BCUT2D eigenvalue weighted by Gasteiger charge is -2.19. The summed E-state index contributed by atoms with van der Waals surface area (Å²) in [4.78, 5) is 12.8. The van der Waals surface area contributed by atoms with E-state index in [0.29, 0.717) is 18.9 Å². The number of carbonyl (C=O) groups is 1. The van der Waals surface area contributed by atoms with E-state index >= 15 is 0 Å². The minimum Gasteiger partial charge on any atom is -0.494 e. The van der Waals surface area contributed by atoms with Crippen molar-refractivity contribution in [2.45, 2.75) is 50.5 Å². The number of amides is 1. The summed E-state index contributed by atoms with van der Waals surface area (Å²) in [6, 6.07) is 14.6. The SMILES string of the molecule is CCCCCNC(=O)[C@H](Cc1ccccc1)NS(=O)(=O)c1ccc(OCC)cc1. The van der Waals surface area contributed by atoms with Gasteiger partial charge in [-0.1, -0.05) is 50.1 Å². The Morgan fingerprint density at radius 3 is 2.31 bits per heavy atom. The Labute approximate surface area is 173 Å². The van der Waals surface area contributed by atoms with Gasteiger partial charge < -0.3 is 10.1 Å². The van der Waals surface area contributed by atoms with Crippen LogP contribution in [0.15, 0.2) is 59.5 Å². The number of benzene rings is 2. The van der Waals surface area contributed by atoms with Crippen LogP contribution in [0.5, 0.6) is 5.75 Å². The number of nitrogens with one attached hydrogen (secondary N) is 2. The molecule has 29 heavy (non-hydrogen) atoms. The molecule has 0 heterocycles. The summed E-state index contributed by atoms with van der Waals surface area (Å²) < 4.78 is 33.6. The first-order chi connectivity index (χ1) is 14.0. The van der Waals surface area contributed by atoms with Crippen LogP contribution < -0.4 is 14.8 Å². The van der Waals surface area contributed by atoms with Gasteiger partial charge in [-0.3, -0.25) is 4.79 Å². The highest BCUT2D eigenvalue weighted by molar-refractivity contribution is 7.89. The molecule has 0 aliphatic rings. The minimum absolute atomic E-state index is 0.0952. The van der Waals surface area contributed by atoms with E-state index < -0.39 is 16.1 Å². The zero-order valence-electron chi connectivity index (χ0n) is 17.1. The summed E-state index contributed by atoms with van der Waals surface area (Å²) in [5, 5.41) is 2.85. The van der Waals surface area contributed by atoms with Crippen molar-refractivity contribution in [2.24, 2.45) is 0 Å². The number of ether oxygens (including phenoxy) is 1. The maximum absolute atomic E-state index is 12.9. The highest BCUT2D eigenvalue weighted by atomic mass is 32.2. The summed E-state index contributed by atoms with van der Waals surface area (Å²) in [5.74, 6) is 0.278. The van der Waals surface area contributed by atoms with Crippen molar-refractivity contribution in [3.05, 3.63) is 60.2 Å². The van der Waals surface area contributed by atoms with Gasteiger partial charge in [-0.2, -0.15) is 4.72 Å². The quantitative estimate of drug-likeness (QED) is 0.518. The predicted octanol–water partition coefficient (Wildman–Crippen LogP) is 3.28. The fraction of sp³-hybridized carbons (Fsp3) is 0.409. The highest BCUT2D eigenvalue weighted by Gasteiger charge is 2.26. The van der Waals surface area contributed by atoms with Crippen molar-refractivity contribution in [3.8, 4) is 5.75 Å². The molecule has 2 N–H and O–H groups in total. The first-order valence-corrected chi connectivity index (χ1v) is 11.5. The zero-order valence-corrected chi connectivity index (χ0v) is 17.9. The van der Waals surface area contributed by atoms with Crippen LogP contribution in [0.3, 0.4) is 0 Å². The Morgan fingerprint density at radius 1 is 1.00 bits per heavy atom. The number of hydrogen-bond acceptors (Lipinski definition) is 4. The molecule has 1 amide bonds. The topological polar surface area (TPSA) is 84.5 Å². The van der Waals surface area contributed by atoms with Gasteiger partial charge >= 0.3 is 0 Å². The lowest BCUT2D eigenvalue weighted by Crippen LogP contribution is -2.48. The van der Waals surface area contributed by atoms with Gasteiger partial charge in [0, 0.05) is 6.54 Å². The fourth-order valence-corrected chi connectivity index (χ4v) is 4.08. The van der Waals surface area contributed by atoms with Crippen LogP contribution in [0.1, 0.15) is 38.7 Å². The molecule has 0 saturated carbocycles. The van der Waals surface area contributed by atoms with Crippen molar-refractivity contribution in [1.29, 1.82) is 0 Å². The largest absolute Gasteiger partial charge is 0.494 e. The Bertz CT molecular complexity index is 852. The van der Waals surface area contributed by atoms with Gasteiger partial charge in [-0.05, 0) is 49.6 Å². The van der Waals surface area contributed by atoms with Crippen molar-refractivity contribution < 1.29 is 17.9 Å². The number of rotatable bonds is 12. The van der Waals surface area contributed by atoms with E-state index in [1.807, 2.05) is 37.3 Å². The first kappa shape index (κ1) is 22.9. The molecule has 1 atom stereocenters. The Hall–Kier alpha value is -2.38. The molecule has 7 heteroatoms. The third-order valence-corrected chi connectivity index (χ3v) is 5.91. The van der Waals surface area contributed by atoms with Crippen LogP contribution >= 0.6 is 0 Å². The van der Waals surface area contributed by atoms with E-state index in [1.165, 1.54) is 12.1 Å². The maximum Gasteiger partial charge on any atom is 0.241 e. The van der Waals surface area contributed by atoms with Crippen LogP contribution in [-0.4, -0.2) is 33.5 Å². The molecular formula is C22H30N2O4S. The van der Waals surface area contributed by atoms with Crippen LogP contribution in [-0.2, 0) is 21.2 Å². The van der Waals surface area contributed by atoms with Crippen LogP contribution in [0.2, 0.25) is 0 Å². The van der Waals surface area contributed by atoms with Gasteiger partial charge in [0.05, 0.1) is 11.5 Å². The molecule has 158 valence electrons. The molecule has 2 aromatic rings. The number of sulfonamides is 1. The Balaban J connectivity index is 2.14. The molecule has 2 rings (SSSR count). The van der Waals surface area contributed by atoms with Gasteiger partial charge in [0.15, 0.2) is 0 Å². The standard InChI is InChI=1S/C22H30N2O4S/c1-3-5-9-16-23-22(25)21(17-18-10-7-6-8-11-18)24-29(26,27)20-14-12-19(13-15-20)28-4-2/h6-8,10-15,21,24H,3-5,9,16-17H2,1-2H3,(H,23,25)/t21-/m0/s1. The lowest BCUT2D eigenvalue weighted by atomic mass is 10.1. The third-order valence-electron chi connectivity index (χ3n) is 4.42. The molecule has 0 aliphatic heterocycles. The predicted molar refractivity (Wildman–Crippen MR) is 114 cm³/mol. The fourth-order valence-electron chi connectivity index (χ4n) is 2.88. The molecule has 6 nitrogen and oxygen atoms in total. The molecule has 0 spiro atoms. The molecule has 2 aromatic carbocycles. The van der Waals surface area contributed by atoms with E-state index in [4.69, 9.17) is 4.74 Å². The van der Waals surface area contributed by atoms with Gasteiger partial charge in [-0.15, -0.1) is 0 Å². The monoisotopic (exact) mass is 418 g/mol. The maximum atomic E-state index is 12.9. The number of hydrogen-bond donors (Lipinski definition) is 2. The summed E-state index contributed by atoms with van der Waals surface area (Å²) in [7, 11) is -3.86. The third kappa shape index (κ3) is 7.51. The van der Waals surface area contributed by atoms with Crippen LogP contribution in [0, 0.1) is 0 Å². The first-order valence-electron chi connectivity index (χ1n) is 10.0. The average molecular weight is 419 g/mol. The van der Waals surface area contributed by atoms with E-state index in [1.54, 1.807) is 12.1 Å². The van der Waals surface area contributed by atoms with Gasteiger partial charge in [-0.25, -0.2) is 8.42 Å². The molecular weight excluding hydrogens is 388 g/mol. The molecule has 0 saturated heterocycles. The Kier molecular flexibility index (Phi) is 9.15. The number of unbranched alkanes of at least 4 members (excludes halogenated alkanes) is 2. The van der Waals surface area contributed by atoms with Crippen molar-refractivity contribution in [1.82, 2.24) is 10.0 Å². The van der Waals surface area contributed by atoms with Crippen LogP contribution in [0.4, 0.5) is 0 Å². The van der Waals surface area contributed by atoms with E-state index in [-0.39, 0.29) is 17.2 Å². The second-order valence-corrected chi connectivity index (χ2v) is 8.48. The lowest BCUT2D eigenvalue weighted by molar-refractivity contribution is -0.122. The van der Waals surface area contributed by atoms with Crippen molar-refractivity contribution in [2.75, 3.05) is 13.2 Å². The average Bonchev–Trinajstić information content (AvgIpc) is 2.72. The molecule has 0 unspecified atom stereocenters. The molecule has 0 radical (unpaired) electrons. The second kappa shape index (κ2) is 11.6. The van der Waals surface area contributed by atoms with E-state index in [2.05, 4.69) is 17.0 Å². The number of carbonyl (C=O) groups excluding carboxylic acids is 1. The second-order valence-electron chi connectivity index (χ2n) is 6.77. The summed E-state index contributed by atoms with van der Waals surface area (Å²) in [6.07, 6.45) is 3.21. The van der Waals surface area contributed by atoms with E-state index in [9.17, 15) is 13.2 Å². The van der Waals surface area contributed by atoms with Crippen molar-refractivity contribution >= 4 is 15.9 Å². The molecule has 0 bridgehead atoms. The van der Waals surface area contributed by atoms with Crippen molar-refractivity contribution in [3.63, 3.8) is 0 Å². The van der Waals surface area contributed by atoms with E-state index in [0.717, 1.165) is 24.8 Å². The summed E-state index contributed by atoms with van der Waals surface area (Å²) in [5.41, 5.74) is 0.885. The van der Waals surface area contributed by atoms with Gasteiger partial charge in [0.2, 0.25) is 15.9 Å². The smallest absolute Gasteiger partial charge is 0.241 e. The molecule has 0 aromatic heterocycles. The van der Waals surface area contributed by atoms with Gasteiger partial charge in [0.25, 0.3) is 0 Å². The zero-order chi connectivity index (χ0) is 21.1. The van der Waals surface area contributed by atoms with Gasteiger partial charge in [0.1, 0.15) is 11.8 Å². The van der Waals surface area contributed by atoms with Crippen LogP contribution in [0.25, 0.3) is 0 Å². The molecule has 0 fully saturated rings. The molecule has 0 aliphatic carbocycles. The summed E-state index contributed by atoms with van der Waals surface area (Å²) in [6.45, 7) is 4.98. The summed E-state index contributed by atoms with van der Waals surface area (Å²) >= 11 is 0. The minimum atomic E-state index is -3.86. The normalized spacial score (nSPS) is 12.3.